The zero-order valence-electron chi connectivity index (χ0n) is 31.1. The van der Waals surface area contributed by atoms with E-state index in [9.17, 15) is 14.4 Å². The Kier molecular flexibility index (Phi) is 30.8. The lowest BCUT2D eigenvalue weighted by molar-refractivity contribution is -0.152. The number of carbonyl (C=O) groups is 3. The molecule has 0 saturated carbocycles. The maximum absolute atomic E-state index is 12.8. The molecule has 0 fully saturated rings. The summed E-state index contributed by atoms with van der Waals surface area (Å²) in [5.74, 6) is -0.809. The van der Waals surface area contributed by atoms with Gasteiger partial charge in [0.2, 0.25) is 5.91 Å². The second-order valence-electron chi connectivity index (χ2n) is 13.6. The minimum absolute atomic E-state index is 0.103. The van der Waals surface area contributed by atoms with Crippen LogP contribution in [0.15, 0.2) is 0 Å². The van der Waals surface area contributed by atoms with Crippen LogP contribution < -0.4 is 5.73 Å². The normalized spacial score (nSPS) is 13.3. The number of ether oxygens (including phenoxy) is 2. The highest BCUT2D eigenvalue weighted by molar-refractivity contribution is 5.81. The summed E-state index contributed by atoms with van der Waals surface area (Å²) >= 11 is 0. The molecule has 272 valence electrons. The molecule has 7 nitrogen and oxygen atoms in total. The van der Waals surface area contributed by atoms with Crippen LogP contribution in [0.1, 0.15) is 189 Å². The third-order valence-corrected chi connectivity index (χ3v) is 9.38. The Morgan fingerprint density at radius 1 is 0.522 bits per heavy atom. The van der Waals surface area contributed by atoms with E-state index in [0.29, 0.717) is 0 Å². The van der Waals surface area contributed by atoms with Crippen molar-refractivity contribution < 1.29 is 23.9 Å². The van der Waals surface area contributed by atoms with Crippen LogP contribution in [-0.2, 0) is 23.9 Å². The summed E-state index contributed by atoms with van der Waals surface area (Å²) in [6.07, 6.45) is 28.7. The molecule has 0 aromatic heterocycles. The molecule has 46 heavy (non-hydrogen) atoms. The monoisotopic (exact) mass is 653 g/mol. The summed E-state index contributed by atoms with van der Waals surface area (Å²) in [5, 5.41) is 0. The maximum Gasteiger partial charge on any atom is 0.308 e. The first kappa shape index (κ1) is 44.4. The minimum atomic E-state index is -0.675. The van der Waals surface area contributed by atoms with E-state index >= 15 is 0 Å². The van der Waals surface area contributed by atoms with Crippen molar-refractivity contribution in [3.8, 4) is 0 Å². The quantitative estimate of drug-likeness (QED) is 0.0560. The highest BCUT2D eigenvalue weighted by Crippen LogP contribution is 2.19. The fourth-order valence-corrected chi connectivity index (χ4v) is 6.10. The number of rotatable bonds is 33. The molecule has 1 amide bonds. The highest BCUT2D eigenvalue weighted by atomic mass is 16.5. The lowest BCUT2D eigenvalue weighted by atomic mass is 9.98. The average Bonchev–Trinajstić information content (AvgIpc) is 3.05. The fraction of sp³-hybridized carbons (Fsp3) is 0.923. The number of hydrogen-bond acceptors (Lipinski definition) is 6. The number of amides is 1. The van der Waals surface area contributed by atoms with Gasteiger partial charge in [0.05, 0.1) is 31.0 Å². The summed E-state index contributed by atoms with van der Waals surface area (Å²) in [6, 6.07) is -0.675. The van der Waals surface area contributed by atoms with Gasteiger partial charge in [0.1, 0.15) is 13.2 Å². The van der Waals surface area contributed by atoms with Gasteiger partial charge in [-0.15, -0.1) is 0 Å². The lowest BCUT2D eigenvalue weighted by Crippen LogP contribution is -2.45. The van der Waals surface area contributed by atoms with Gasteiger partial charge in [0.25, 0.3) is 0 Å². The van der Waals surface area contributed by atoms with Crippen LogP contribution in [0.25, 0.3) is 0 Å². The molecule has 0 aromatic rings. The zero-order valence-corrected chi connectivity index (χ0v) is 31.1. The molecule has 0 radical (unpaired) electrons. The van der Waals surface area contributed by atoms with Crippen molar-refractivity contribution in [2.45, 2.75) is 195 Å². The molecule has 0 aromatic carbocycles. The molecular weight excluding hydrogens is 576 g/mol. The van der Waals surface area contributed by atoms with E-state index in [-0.39, 0.29) is 56.0 Å². The van der Waals surface area contributed by atoms with Crippen LogP contribution in [0.4, 0.5) is 0 Å². The van der Waals surface area contributed by atoms with E-state index < -0.39 is 6.04 Å². The molecular formula is C39H76N2O5. The molecule has 0 spiro atoms. The molecule has 0 aliphatic heterocycles. The summed E-state index contributed by atoms with van der Waals surface area (Å²) in [4.78, 5) is 39.8. The maximum atomic E-state index is 12.8. The van der Waals surface area contributed by atoms with Crippen LogP contribution >= 0.6 is 0 Å². The third kappa shape index (κ3) is 24.5. The van der Waals surface area contributed by atoms with E-state index in [2.05, 4.69) is 13.8 Å². The number of hydrogen-bond donors (Lipinski definition) is 1. The van der Waals surface area contributed by atoms with Gasteiger partial charge in [-0.25, -0.2) is 0 Å². The van der Waals surface area contributed by atoms with Gasteiger partial charge >= 0.3 is 11.9 Å². The van der Waals surface area contributed by atoms with Gasteiger partial charge in [0.15, 0.2) is 0 Å². The number of carbonyl (C=O) groups excluding carboxylic acids is 3. The molecule has 0 aliphatic carbocycles. The van der Waals surface area contributed by atoms with Gasteiger partial charge in [-0.3, -0.25) is 14.4 Å². The Balaban J connectivity index is 4.33. The smallest absolute Gasteiger partial charge is 0.308 e. The number of unbranched alkanes of at least 4 members (excludes halogenated alkanes) is 18. The van der Waals surface area contributed by atoms with Crippen molar-refractivity contribution in [3.05, 3.63) is 0 Å². The number of esters is 2. The third-order valence-electron chi connectivity index (χ3n) is 9.38. The first-order chi connectivity index (χ1) is 22.3. The molecule has 0 aliphatic rings. The van der Waals surface area contributed by atoms with Gasteiger partial charge in [0, 0.05) is 0 Å². The predicted octanol–water partition coefficient (Wildman–Crippen LogP) is 9.92. The first-order valence-electron chi connectivity index (χ1n) is 19.7. The van der Waals surface area contributed by atoms with Crippen molar-refractivity contribution in [1.82, 2.24) is 4.90 Å². The van der Waals surface area contributed by atoms with E-state index in [0.717, 1.165) is 51.4 Å². The van der Waals surface area contributed by atoms with Crippen LogP contribution in [0.3, 0.4) is 0 Å². The van der Waals surface area contributed by atoms with E-state index in [1.54, 1.807) is 11.8 Å². The first-order valence-corrected chi connectivity index (χ1v) is 19.7. The standard InChI is InChI=1S/C39H76N2O5/c1-6-10-12-14-16-18-20-22-24-26-28-35(8-3)38(43)45-32-30-41(37(42)34(5)40)31-33-46-39(44)36(9-4)29-27-25-23-21-19-17-15-13-11-7-2/h34-36H,6-33,40H2,1-5H3. The molecule has 3 unspecified atom stereocenters. The van der Waals surface area contributed by atoms with Crippen LogP contribution in [0.2, 0.25) is 0 Å². The van der Waals surface area contributed by atoms with Crippen LogP contribution in [-0.4, -0.2) is 55.1 Å². The Bertz CT molecular complexity index is 679. The predicted molar refractivity (Wildman–Crippen MR) is 193 cm³/mol. The second kappa shape index (κ2) is 31.9. The molecule has 0 saturated heterocycles. The molecule has 0 heterocycles. The Hall–Kier alpha value is -1.63. The topological polar surface area (TPSA) is 98.9 Å². The van der Waals surface area contributed by atoms with Gasteiger partial charge in [-0.1, -0.05) is 156 Å². The van der Waals surface area contributed by atoms with E-state index in [1.807, 2.05) is 13.8 Å². The van der Waals surface area contributed by atoms with Crippen molar-refractivity contribution in [2.75, 3.05) is 26.3 Å². The van der Waals surface area contributed by atoms with E-state index in [4.69, 9.17) is 15.2 Å². The Morgan fingerprint density at radius 2 is 0.826 bits per heavy atom. The largest absolute Gasteiger partial charge is 0.464 e. The number of nitrogens with two attached hydrogens (primary N) is 1. The molecule has 7 heteroatoms. The van der Waals surface area contributed by atoms with Gasteiger partial charge < -0.3 is 20.1 Å². The Morgan fingerprint density at radius 3 is 1.11 bits per heavy atom. The van der Waals surface area contributed by atoms with Gasteiger partial charge in [-0.05, 0) is 32.6 Å². The van der Waals surface area contributed by atoms with Crippen LogP contribution in [0, 0.1) is 11.8 Å². The number of nitrogens with zero attached hydrogens (tertiary/aromatic N) is 1. The summed E-state index contributed by atoms with van der Waals surface area (Å²) in [6.45, 7) is 10.9. The van der Waals surface area contributed by atoms with Crippen molar-refractivity contribution in [2.24, 2.45) is 17.6 Å². The summed E-state index contributed by atoms with van der Waals surface area (Å²) < 4.78 is 11.2. The molecule has 0 rings (SSSR count). The second-order valence-corrected chi connectivity index (χ2v) is 13.6. The lowest BCUT2D eigenvalue weighted by Gasteiger charge is -2.25. The average molecular weight is 653 g/mol. The SMILES string of the molecule is CCCCCCCCCCCCC(CC)C(=O)OCCN(CCOC(=O)C(CC)CCCCCCCCCCCC)C(=O)C(C)N. The molecule has 0 bridgehead atoms. The highest BCUT2D eigenvalue weighted by Gasteiger charge is 2.22. The molecule has 3 atom stereocenters. The van der Waals surface area contributed by atoms with Gasteiger partial charge in [-0.2, -0.15) is 0 Å². The van der Waals surface area contributed by atoms with Crippen LogP contribution in [0.5, 0.6) is 0 Å². The fourth-order valence-electron chi connectivity index (χ4n) is 6.10. The minimum Gasteiger partial charge on any atom is -0.464 e. The zero-order chi connectivity index (χ0) is 34.3. The Labute approximate surface area is 284 Å². The van der Waals surface area contributed by atoms with E-state index in [1.165, 1.54) is 103 Å². The summed E-state index contributed by atoms with van der Waals surface area (Å²) in [7, 11) is 0. The summed E-state index contributed by atoms with van der Waals surface area (Å²) in [5.41, 5.74) is 5.88. The van der Waals surface area contributed by atoms with Crippen molar-refractivity contribution >= 4 is 17.8 Å². The van der Waals surface area contributed by atoms with Crippen molar-refractivity contribution in [3.63, 3.8) is 0 Å². The van der Waals surface area contributed by atoms with Crippen molar-refractivity contribution in [1.29, 1.82) is 0 Å². The molecule has 2 N–H and O–H groups in total.